The molecule has 0 unspecified atom stereocenters. The van der Waals surface area contributed by atoms with E-state index in [0.29, 0.717) is 28.6 Å². The van der Waals surface area contributed by atoms with Gasteiger partial charge in [-0.2, -0.15) is 0 Å². The van der Waals surface area contributed by atoms with E-state index in [1.165, 1.54) is 0 Å². The predicted octanol–water partition coefficient (Wildman–Crippen LogP) is 5.16. The van der Waals surface area contributed by atoms with Crippen molar-refractivity contribution in [1.29, 1.82) is 0 Å². The number of amides is 1. The minimum atomic E-state index is -0.226. The molecule has 0 saturated carbocycles. The van der Waals surface area contributed by atoms with Crippen molar-refractivity contribution in [2.75, 3.05) is 24.9 Å². The second-order valence-corrected chi connectivity index (χ2v) is 6.90. The monoisotopic (exact) mass is 426 g/mol. The van der Waals surface area contributed by atoms with E-state index in [0.717, 1.165) is 16.9 Å². The lowest BCUT2D eigenvalue weighted by atomic mass is 10.1. The van der Waals surface area contributed by atoms with Crippen molar-refractivity contribution >= 4 is 23.1 Å². The van der Waals surface area contributed by atoms with E-state index >= 15 is 0 Å². The topological polar surface area (TPSA) is 85.4 Å². The molecule has 0 aliphatic heterocycles. The molecular weight excluding hydrogens is 404 g/mol. The molecule has 2 N–H and O–H groups in total. The van der Waals surface area contributed by atoms with Crippen molar-refractivity contribution in [3.8, 4) is 22.8 Å². The van der Waals surface area contributed by atoms with Gasteiger partial charge in [-0.3, -0.25) is 4.79 Å². The summed E-state index contributed by atoms with van der Waals surface area (Å²) < 4.78 is 10.5. The summed E-state index contributed by atoms with van der Waals surface area (Å²) in [6, 6.07) is 26.0. The lowest BCUT2D eigenvalue weighted by molar-refractivity contribution is 0.102. The summed E-state index contributed by atoms with van der Waals surface area (Å²) in [5, 5.41) is 14.5. The first-order valence-corrected chi connectivity index (χ1v) is 9.96. The Labute approximate surface area is 186 Å². The van der Waals surface area contributed by atoms with Crippen LogP contribution in [0.3, 0.4) is 0 Å². The van der Waals surface area contributed by atoms with E-state index in [1.54, 1.807) is 44.6 Å². The molecular formula is C25H22N4O3. The average Bonchev–Trinajstić information content (AvgIpc) is 2.85. The van der Waals surface area contributed by atoms with Gasteiger partial charge in [-0.05, 0) is 48.5 Å². The first-order valence-electron chi connectivity index (χ1n) is 9.96. The zero-order valence-corrected chi connectivity index (χ0v) is 17.7. The third-order valence-electron chi connectivity index (χ3n) is 4.80. The minimum Gasteiger partial charge on any atom is -0.493 e. The number of benzene rings is 3. The Morgan fingerprint density at radius 2 is 1.47 bits per heavy atom. The summed E-state index contributed by atoms with van der Waals surface area (Å²) in [4.78, 5) is 12.6. The fourth-order valence-electron chi connectivity index (χ4n) is 3.13. The van der Waals surface area contributed by atoms with Gasteiger partial charge in [0.2, 0.25) is 0 Å². The maximum absolute atomic E-state index is 12.6. The van der Waals surface area contributed by atoms with Crippen LogP contribution in [0.2, 0.25) is 0 Å². The molecule has 0 aliphatic carbocycles. The number of carbonyl (C=O) groups excluding carboxylic acids is 1. The van der Waals surface area contributed by atoms with Crippen LogP contribution in [0.4, 0.5) is 17.2 Å². The van der Waals surface area contributed by atoms with Crippen LogP contribution >= 0.6 is 0 Å². The Morgan fingerprint density at radius 3 is 2.12 bits per heavy atom. The first-order chi connectivity index (χ1) is 15.7. The second-order valence-electron chi connectivity index (χ2n) is 6.90. The number of rotatable bonds is 7. The van der Waals surface area contributed by atoms with E-state index in [-0.39, 0.29) is 5.91 Å². The van der Waals surface area contributed by atoms with E-state index < -0.39 is 0 Å². The molecule has 0 fully saturated rings. The highest BCUT2D eigenvalue weighted by Crippen LogP contribution is 2.30. The van der Waals surface area contributed by atoms with Crippen molar-refractivity contribution < 1.29 is 14.3 Å². The number of nitrogens with zero attached hydrogens (tertiary/aromatic N) is 2. The van der Waals surface area contributed by atoms with Gasteiger partial charge in [0.15, 0.2) is 17.3 Å². The molecule has 0 bridgehead atoms. The molecule has 4 aromatic rings. The van der Waals surface area contributed by atoms with Crippen molar-refractivity contribution in [2.24, 2.45) is 0 Å². The molecule has 3 aromatic carbocycles. The van der Waals surface area contributed by atoms with Gasteiger partial charge >= 0.3 is 0 Å². The van der Waals surface area contributed by atoms with Gasteiger partial charge in [-0.25, -0.2) is 0 Å². The van der Waals surface area contributed by atoms with Gasteiger partial charge in [0, 0.05) is 28.6 Å². The molecule has 7 heteroatoms. The molecule has 1 amide bonds. The predicted molar refractivity (Wildman–Crippen MR) is 125 cm³/mol. The molecule has 0 radical (unpaired) electrons. The number of hydrogen-bond acceptors (Lipinski definition) is 6. The van der Waals surface area contributed by atoms with Crippen molar-refractivity contribution in [1.82, 2.24) is 10.2 Å². The molecule has 1 heterocycles. The third-order valence-corrected chi connectivity index (χ3v) is 4.80. The quantitative estimate of drug-likeness (QED) is 0.425. The zero-order chi connectivity index (χ0) is 22.3. The van der Waals surface area contributed by atoms with Crippen LogP contribution in [0.1, 0.15) is 10.4 Å². The fraction of sp³-hybridized carbons (Fsp3) is 0.0800. The number of aromatic nitrogens is 2. The number of methoxy groups -OCH3 is 2. The first kappa shape index (κ1) is 20.9. The van der Waals surface area contributed by atoms with E-state index in [9.17, 15) is 4.79 Å². The van der Waals surface area contributed by atoms with Crippen molar-refractivity contribution in [3.63, 3.8) is 0 Å². The normalized spacial score (nSPS) is 10.3. The SMILES string of the molecule is COc1ccc(NC(=O)c2ccc(Nc3ccc(-c4ccccc4)nn3)cc2)cc1OC. The molecule has 7 nitrogen and oxygen atoms in total. The number of anilines is 3. The standard InChI is InChI=1S/C25H22N4O3/c1-31-22-14-12-20(16-23(22)32-2)27-25(30)18-8-10-19(11-9-18)26-24-15-13-21(28-29-24)17-6-4-3-5-7-17/h3-16H,1-2H3,(H,26,29)(H,27,30). The molecule has 160 valence electrons. The maximum Gasteiger partial charge on any atom is 0.255 e. The summed E-state index contributed by atoms with van der Waals surface area (Å²) in [7, 11) is 3.11. The van der Waals surface area contributed by atoms with Gasteiger partial charge in [0.25, 0.3) is 5.91 Å². The molecule has 0 saturated heterocycles. The van der Waals surface area contributed by atoms with Crippen LogP contribution in [-0.4, -0.2) is 30.3 Å². The summed E-state index contributed by atoms with van der Waals surface area (Å²) in [5.41, 5.74) is 3.75. The summed E-state index contributed by atoms with van der Waals surface area (Å²) in [6.45, 7) is 0. The lowest BCUT2D eigenvalue weighted by Gasteiger charge is -2.11. The molecule has 32 heavy (non-hydrogen) atoms. The molecule has 1 aromatic heterocycles. The average molecular weight is 426 g/mol. The molecule has 0 atom stereocenters. The van der Waals surface area contributed by atoms with Gasteiger partial charge in [-0.15, -0.1) is 10.2 Å². The van der Waals surface area contributed by atoms with Crippen LogP contribution < -0.4 is 20.1 Å². The fourth-order valence-corrected chi connectivity index (χ4v) is 3.13. The van der Waals surface area contributed by atoms with Gasteiger partial charge < -0.3 is 20.1 Å². The Kier molecular flexibility index (Phi) is 6.27. The van der Waals surface area contributed by atoms with E-state index in [4.69, 9.17) is 9.47 Å². The number of hydrogen-bond donors (Lipinski definition) is 2. The smallest absolute Gasteiger partial charge is 0.255 e. The van der Waals surface area contributed by atoms with Crippen LogP contribution in [-0.2, 0) is 0 Å². The number of nitrogens with one attached hydrogen (secondary N) is 2. The van der Waals surface area contributed by atoms with Gasteiger partial charge in [0.1, 0.15) is 0 Å². The molecule has 0 aliphatic rings. The lowest BCUT2D eigenvalue weighted by Crippen LogP contribution is -2.12. The summed E-state index contributed by atoms with van der Waals surface area (Å²) >= 11 is 0. The Bertz CT molecular complexity index is 1190. The van der Waals surface area contributed by atoms with Crippen LogP contribution in [0.15, 0.2) is 84.9 Å². The highest BCUT2D eigenvalue weighted by Gasteiger charge is 2.10. The van der Waals surface area contributed by atoms with Crippen molar-refractivity contribution in [2.45, 2.75) is 0 Å². The number of carbonyl (C=O) groups is 1. The van der Waals surface area contributed by atoms with E-state index in [2.05, 4.69) is 20.8 Å². The van der Waals surface area contributed by atoms with E-state index in [1.807, 2.05) is 54.6 Å². The highest BCUT2D eigenvalue weighted by molar-refractivity contribution is 6.04. The van der Waals surface area contributed by atoms with Gasteiger partial charge in [-0.1, -0.05) is 30.3 Å². The highest BCUT2D eigenvalue weighted by atomic mass is 16.5. The maximum atomic E-state index is 12.6. The Hall–Kier alpha value is -4.39. The molecule has 4 rings (SSSR count). The third kappa shape index (κ3) is 4.84. The summed E-state index contributed by atoms with van der Waals surface area (Å²) in [6.07, 6.45) is 0. The Morgan fingerprint density at radius 1 is 0.750 bits per heavy atom. The zero-order valence-electron chi connectivity index (χ0n) is 17.7. The van der Waals surface area contributed by atoms with Crippen LogP contribution in [0.5, 0.6) is 11.5 Å². The van der Waals surface area contributed by atoms with Crippen LogP contribution in [0.25, 0.3) is 11.3 Å². The Balaban J connectivity index is 1.40. The second kappa shape index (κ2) is 9.61. The van der Waals surface area contributed by atoms with Crippen molar-refractivity contribution in [3.05, 3.63) is 90.5 Å². The molecule has 0 spiro atoms. The minimum absolute atomic E-state index is 0.226. The van der Waals surface area contributed by atoms with Gasteiger partial charge in [0.05, 0.1) is 19.9 Å². The summed E-state index contributed by atoms with van der Waals surface area (Å²) in [5.74, 6) is 1.54. The largest absolute Gasteiger partial charge is 0.493 e. The number of ether oxygens (including phenoxy) is 2. The van der Waals surface area contributed by atoms with Crippen LogP contribution in [0, 0.1) is 0 Å².